The molecule has 9 heteroatoms. The summed E-state index contributed by atoms with van der Waals surface area (Å²) in [6, 6.07) is 10.2. The quantitative estimate of drug-likeness (QED) is 0.646. The van der Waals surface area contributed by atoms with E-state index in [1.807, 2.05) is 12.1 Å². The van der Waals surface area contributed by atoms with Gasteiger partial charge in [0.25, 0.3) is 5.91 Å². The van der Waals surface area contributed by atoms with Crippen LogP contribution in [0.1, 0.15) is 21.5 Å². The van der Waals surface area contributed by atoms with E-state index < -0.39 is 10.0 Å². The van der Waals surface area contributed by atoms with Crippen LogP contribution in [-0.2, 0) is 21.3 Å². The topological polar surface area (TPSA) is 85.4 Å². The fourth-order valence-corrected chi connectivity index (χ4v) is 5.14. The molecule has 168 valence electrons. The molecule has 0 saturated carbocycles. The number of aryl methyl sites for hydroxylation is 1. The van der Waals surface area contributed by atoms with Crippen molar-refractivity contribution in [3.05, 3.63) is 53.1 Å². The number of methoxy groups -OCH3 is 2. The van der Waals surface area contributed by atoms with E-state index >= 15 is 0 Å². The fourth-order valence-electron chi connectivity index (χ4n) is 3.48. The normalized spacial score (nSPS) is 14.8. The van der Waals surface area contributed by atoms with Crippen LogP contribution >= 0.6 is 0 Å². The standard InChI is InChI=1S/C22H28N2O6S/c1-16-5-7-18(14-21(16)31(26,27)24-9-11-30-12-10-24)22(25)23(2)15-17-6-8-19(28-3)20(13-17)29-4/h5-8,13-14H,9-12,15H2,1-4H3. The van der Waals surface area contributed by atoms with Crippen molar-refractivity contribution in [3.63, 3.8) is 0 Å². The zero-order chi connectivity index (χ0) is 22.6. The molecular formula is C22H28N2O6S. The van der Waals surface area contributed by atoms with Crippen LogP contribution in [0.2, 0.25) is 0 Å². The van der Waals surface area contributed by atoms with Gasteiger partial charge in [0.2, 0.25) is 10.0 Å². The number of morpholine rings is 1. The van der Waals surface area contributed by atoms with Crippen molar-refractivity contribution in [1.29, 1.82) is 0 Å². The number of sulfonamides is 1. The molecule has 1 aliphatic rings. The highest BCUT2D eigenvalue weighted by molar-refractivity contribution is 7.89. The number of benzene rings is 2. The summed E-state index contributed by atoms with van der Waals surface area (Å²) in [5.74, 6) is 0.917. The van der Waals surface area contributed by atoms with E-state index in [4.69, 9.17) is 14.2 Å². The lowest BCUT2D eigenvalue weighted by molar-refractivity contribution is 0.0730. The molecule has 0 aromatic heterocycles. The predicted molar refractivity (Wildman–Crippen MR) is 116 cm³/mol. The van der Waals surface area contributed by atoms with Crippen molar-refractivity contribution in [3.8, 4) is 11.5 Å². The van der Waals surface area contributed by atoms with Crippen LogP contribution in [0.5, 0.6) is 11.5 Å². The molecule has 1 saturated heterocycles. The van der Waals surface area contributed by atoms with Crippen LogP contribution in [0.4, 0.5) is 0 Å². The Kier molecular flexibility index (Phi) is 7.19. The van der Waals surface area contributed by atoms with E-state index in [2.05, 4.69) is 0 Å². The van der Waals surface area contributed by atoms with E-state index in [1.165, 1.54) is 15.3 Å². The van der Waals surface area contributed by atoms with Crippen LogP contribution in [0, 0.1) is 6.92 Å². The Labute approximate surface area is 183 Å². The maximum absolute atomic E-state index is 13.1. The van der Waals surface area contributed by atoms with Gasteiger partial charge in [-0.3, -0.25) is 4.79 Å². The summed E-state index contributed by atoms with van der Waals surface area (Å²) < 4.78 is 43.4. The Hall–Kier alpha value is -2.62. The lowest BCUT2D eigenvalue weighted by atomic mass is 10.1. The van der Waals surface area contributed by atoms with Crippen molar-refractivity contribution in [2.75, 3.05) is 47.6 Å². The fraction of sp³-hybridized carbons (Fsp3) is 0.409. The molecule has 0 atom stereocenters. The molecule has 0 bridgehead atoms. The van der Waals surface area contributed by atoms with Crippen LogP contribution in [0.15, 0.2) is 41.3 Å². The van der Waals surface area contributed by atoms with E-state index in [0.717, 1.165) is 5.56 Å². The first-order valence-corrected chi connectivity index (χ1v) is 11.4. The number of hydrogen-bond donors (Lipinski definition) is 0. The molecule has 3 rings (SSSR count). The monoisotopic (exact) mass is 448 g/mol. The highest BCUT2D eigenvalue weighted by Gasteiger charge is 2.28. The number of hydrogen-bond acceptors (Lipinski definition) is 6. The largest absolute Gasteiger partial charge is 0.493 e. The average molecular weight is 449 g/mol. The third kappa shape index (κ3) is 5.00. The van der Waals surface area contributed by atoms with Gasteiger partial charge in [-0.2, -0.15) is 4.31 Å². The molecule has 0 unspecified atom stereocenters. The minimum Gasteiger partial charge on any atom is -0.493 e. The highest BCUT2D eigenvalue weighted by Crippen LogP contribution is 2.28. The molecule has 0 N–H and O–H groups in total. The van der Waals surface area contributed by atoms with E-state index in [-0.39, 0.29) is 10.8 Å². The van der Waals surface area contributed by atoms with Gasteiger partial charge in [-0.25, -0.2) is 8.42 Å². The van der Waals surface area contributed by atoms with E-state index in [1.54, 1.807) is 46.4 Å². The zero-order valence-electron chi connectivity index (χ0n) is 18.3. The van der Waals surface area contributed by atoms with Gasteiger partial charge in [0.1, 0.15) is 0 Å². The Bertz CT molecular complexity index is 1050. The second kappa shape index (κ2) is 9.67. The average Bonchev–Trinajstić information content (AvgIpc) is 2.79. The van der Waals surface area contributed by atoms with Gasteiger partial charge in [0.15, 0.2) is 11.5 Å². The van der Waals surface area contributed by atoms with Crippen molar-refractivity contribution in [2.24, 2.45) is 0 Å². The van der Waals surface area contributed by atoms with Crippen LogP contribution in [-0.4, -0.2) is 71.1 Å². The molecule has 1 fully saturated rings. The van der Waals surface area contributed by atoms with Gasteiger partial charge >= 0.3 is 0 Å². The highest BCUT2D eigenvalue weighted by atomic mass is 32.2. The Balaban J connectivity index is 1.82. The summed E-state index contributed by atoms with van der Waals surface area (Å²) in [6.45, 7) is 3.40. The first-order chi connectivity index (χ1) is 14.8. The van der Waals surface area contributed by atoms with Gasteiger partial charge in [0, 0.05) is 32.2 Å². The summed E-state index contributed by atoms with van der Waals surface area (Å²) >= 11 is 0. The molecule has 2 aromatic rings. The Morgan fingerprint density at radius 3 is 2.39 bits per heavy atom. The van der Waals surface area contributed by atoms with E-state index in [9.17, 15) is 13.2 Å². The van der Waals surface area contributed by atoms with Crippen molar-refractivity contribution >= 4 is 15.9 Å². The molecule has 8 nitrogen and oxygen atoms in total. The molecular weight excluding hydrogens is 420 g/mol. The minimum atomic E-state index is -3.70. The van der Waals surface area contributed by atoms with Crippen LogP contribution in [0.25, 0.3) is 0 Å². The second-order valence-corrected chi connectivity index (χ2v) is 9.25. The van der Waals surface area contributed by atoms with E-state index in [0.29, 0.717) is 55.5 Å². The maximum atomic E-state index is 13.1. The number of rotatable bonds is 7. The van der Waals surface area contributed by atoms with Gasteiger partial charge in [-0.1, -0.05) is 12.1 Å². The number of carbonyl (C=O) groups excluding carboxylic acids is 1. The van der Waals surface area contributed by atoms with Crippen molar-refractivity contribution in [2.45, 2.75) is 18.4 Å². The minimum absolute atomic E-state index is 0.153. The summed E-state index contributed by atoms with van der Waals surface area (Å²) in [5, 5.41) is 0. The molecule has 31 heavy (non-hydrogen) atoms. The number of amides is 1. The van der Waals surface area contributed by atoms with Crippen molar-refractivity contribution in [1.82, 2.24) is 9.21 Å². The second-order valence-electron chi connectivity index (χ2n) is 7.35. The first-order valence-electron chi connectivity index (χ1n) is 9.93. The number of carbonyl (C=O) groups is 1. The first kappa shape index (κ1) is 23.1. The summed E-state index contributed by atoms with van der Waals surface area (Å²) in [7, 11) is 1.10. The molecule has 1 amide bonds. The summed E-state index contributed by atoms with van der Waals surface area (Å²) in [4.78, 5) is 14.7. The van der Waals surface area contributed by atoms with Gasteiger partial charge in [0.05, 0.1) is 32.3 Å². The van der Waals surface area contributed by atoms with Crippen LogP contribution < -0.4 is 9.47 Å². The Morgan fingerprint density at radius 1 is 1.06 bits per heavy atom. The molecule has 0 spiro atoms. The smallest absolute Gasteiger partial charge is 0.253 e. The zero-order valence-corrected chi connectivity index (χ0v) is 19.1. The molecule has 0 radical (unpaired) electrons. The number of ether oxygens (including phenoxy) is 3. The molecule has 1 aliphatic heterocycles. The molecule has 1 heterocycles. The Morgan fingerprint density at radius 2 is 1.74 bits per heavy atom. The van der Waals surface area contributed by atoms with Gasteiger partial charge < -0.3 is 19.1 Å². The van der Waals surface area contributed by atoms with Gasteiger partial charge in [-0.05, 0) is 42.3 Å². The molecule has 0 aliphatic carbocycles. The number of nitrogens with zero attached hydrogens (tertiary/aromatic N) is 2. The summed E-state index contributed by atoms with van der Waals surface area (Å²) in [6.07, 6.45) is 0. The van der Waals surface area contributed by atoms with Crippen LogP contribution in [0.3, 0.4) is 0 Å². The SMILES string of the molecule is COc1ccc(CN(C)C(=O)c2ccc(C)c(S(=O)(=O)N3CCOCC3)c2)cc1OC. The molecule has 2 aromatic carbocycles. The third-order valence-electron chi connectivity index (χ3n) is 5.24. The lowest BCUT2D eigenvalue weighted by Crippen LogP contribution is -2.41. The predicted octanol–water partition coefficient (Wildman–Crippen LogP) is 2.31. The van der Waals surface area contributed by atoms with Crippen molar-refractivity contribution < 1.29 is 27.4 Å². The lowest BCUT2D eigenvalue weighted by Gasteiger charge is -2.27. The maximum Gasteiger partial charge on any atom is 0.253 e. The summed E-state index contributed by atoms with van der Waals surface area (Å²) in [5.41, 5.74) is 1.78. The van der Waals surface area contributed by atoms with Gasteiger partial charge in [-0.15, -0.1) is 0 Å². The third-order valence-corrected chi connectivity index (χ3v) is 7.28.